The lowest BCUT2D eigenvalue weighted by Crippen LogP contribution is -2.44. The fourth-order valence-electron chi connectivity index (χ4n) is 1.96. The molecule has 1 aliphatic heterocycles. The number of hydrogen-bond donors (Lipinski definition) is 1. The topological polar surface area (TPSA) is 32.3 Å². The molecule has 4 heteroatoms. The summed E-state index contributed by atoms with van der Waals surface area (Å²) in [6, 6.07) is 0.536. The number of hydrogen-bond acceptors (Lipinski definition) is 2. The average Bonchev–Trinajstić information content (AvgIpc) is 2.59. The first-order chi connectivity index (χ1) is 6.95. The van der Waals surface area contributed by atoms with E-state index in [1.165, 1.54) is 19.4 Å². The Morgan fingerprint density at radius 1 is 1.60 bits per heavy atom. The Kier molecular flexibility index (Phi) is 4.59. The van der Waals surface area contributed by atoms with Gasteiger partial charge in [-0.2, -0.15) is 0 Å². The molecule has 1 N–H and O–H groups in total. The van der Waals surface area contributed by atoms with E-state index in [1.54, 1.807) is 0 Å². The van der Waals surface area contributed by atoms with Crippen molar-refractivity contribution in [3.63, 3.8) is 0 Å². The van der Waals surface area contributed by atoms with Crippen molar-refractivity contribution in [2.45, 2.75) is 44.0 Å². The summed E-state index contributed by atoms with van der Waals surface area (Å²) in [4.78, 5) is 14.1. The molecule has 1 saturated heterocycles. The molecule has 0 aromatic carbocycles. The lowest BCUT2D eigenvalue weighted by atomic mass is 10.2. The third-order valence-electron chi connectivity index (χ3n) is 2.94. The van der Waals surface area contributed by atoms with Gasteiger partial charge >= 0.3 is 0 Å². The van der Waals surface area contributed by atoms with E-state index in [4.69, 9.17) is 0 Å². The summed E-state index contributed by atoms with van der Waals surface area (Å²) >= 11 is 3.36. The number of carbonyl (C=O) groups is 1. The van der Waals surface area contributed by atoms with E-state index >= 15 is 0 Å². The average molecular weight is 277 g/mol. The lowest BCUT2D eigenvalue weighted by molar-refractivity contribution is -0.122. The summed E-state index contributed by atoms with van der Waals surface area (Å²) in [6.07, 6.45) is 2.46. The van der Waals surface area contributed by atoms with Crippen LogP contribution in [-0.4, -0.2) is 40.8 Å². The molecule has 3 nitrogen and oxygen atoms in total. The van der Waals surface area contributed by atoms with Gasteiger partial charge in [0.2, 0.25) is 5.91 Å². The second kappa shape index (κ2) is 5.30. The molecule has 1 atom stereocenters. The van der Waals surface area contributed by atoms with Gasteiger partial charge in [-0.3, -0.25) is 9.69 Å². The second-order valence-corrected chi connectivity index (χ2v) is 6.59. The fraction of sp³-hybridized carbons (Fsp3) is 0.909. The minimum Gasteiger partial charge on any atom is -0.353 e. The fourth-order valence-corrected chi connectivity index (χ4v) is 2.10. The number of rotatable bonds is 4. The van der Waals surface area contributed by atoms with Gasteiger partial charge in [0.1, 0.15) is 0 Å². The highest BCUT2D eigenvalue weighted by Gasteiger charge is 2.27. The maximum Gasteiger partial charge on any atom is 0.236 e. The second-order valence-electron chi connectivity index (χ2n) is 4.61. The van der Waals surface area contributed by atoms with Gasteiger partial charge in [-0.05, 0) is 39.8 Å². The summed E-state index contributed by atoms with van der Waals surface area (Å²) in [5.74, 6) is 0.0745. The van der Waals surface area contributed by atoms with Crippen molar-refractivity contribution < 1.29 is 4.79 Å². The Balaban J connectivity index is 2.34. The van der Waals surface area contributed by atoms with Gasteiger partial charge in [0.05, 0.1) is 4.32 Å². The van der Waals surface area contributed by atoms with Crippen LogP contribution < -0.4 is 5.32 Å². The summed E-state index contributed by atoms with van der Waals surface area (Å²) in [5, 5.41) is 3.00. The molecular weight excluding hydrogens is 256 g/mol. The zero-order valence-corrected chi connectivity index (χ0v) is 11.4. The van der Waals surface area contributed by atoms with Crippen LogP contribution >= 0.6 is 15.9 Å². The summed E-state index contributed by atoms with van der Waals surface area (Å²) < 4.78 is -0.456. The van der Waals surface area contributed by atoms with Gasteiger partial charge in [-0.25, -0.2) is 0 Å². The van der Waals surface area contributed by atoms with Gasteiger partial charge in [-0.1, -0.05) is 22.9 Å². The Hall–Kier alpha value is -0.0900. The van der Waals surface area contributed by atoms with E-state index in [0.717, 1.165) is 13.1 Å². The molecule has 1 heterocycles. The third-order valence-corrected chi connectivity index (χ3v) is 3.30. The number of nitrogens with zero attached hydrogens (tertiary/aromatic N) is 1. The molecule has 1 rings (SSSR count). The minimum atomic E-state index is -0.456. The van der Waals surface area contributed by atoms with Crippen LogP contribution in [0.15, 0.2) is 0 Å². The molecule has 0 aromatic heterocycles. The quantitative estimate of drug-likeness (QED) is 0.794. The number of likely N-dealkylation sites (N-methyl/N-ethyl adjacent to an activating group) is 1. The predicted octanol–water partition coefficient (Wildman–Crippen LogP) is 1.76. The van der Waals surface area contributed by atoms with Gasteiger partial charge in [0.25, 0.3) is 0 Å². The zero-order chi connectivity index (χ0) is 11.5. The Morgan fingerprint density at radius 2 is 2.27 bits per heavy atom. The highest BCUT2D eigenvalue weighted by molar-refractivity contribution is 9.10. The molecule has 1 amide bonds. The standard InChI is InChI=1S/C11H21BrN2O/c1-4-14-7-5-6-9(14)8-13-10(15)11(2,3)12/h9H,4-8H2,1-3H3,(H,13,15). The van der Waals surface area contributed by atoms with Gasteiger partial charge in [0.15, 0.2) is 0 Å². The first-order valence-corrected chi connectivity index (χ1v) is 6.45. The van der Waals surface area contributed by atoms with Crippen LogP contribution in [0.2, 0.25) is 0 Å². The highest BCUT2D eigenvalue weighted by Crippen LogP contribution is 2.18. The first-order valence-electron chi connectivity index (χ1n) is 5.66. The molecule has 0 aliphatic carbocycles. The summed E-state index contributed by atoms with van der Waals surface area (Å²) in [7, 11) is 0. The molecule has 0 bridgehead atoms. The molecule has 0 spiro atoms. The molecule has 15 heavy (non-hydrogen) atoms. The maximum absolute atomic E-state index is 11.6. The van der Waals surface area contributed by atoms with E-state index in [-0.39, 0.29) is 5.91 Å². The molecule has 0 radical (unpaired) electrons. The maximum atomic E-state index is 11.6. The van der Waals surface area contributed by atoms with Crippen LogP contribution in [0.4, 0.5) is 0 Å². The lowest BCUT2D eigenvalue weighted by Gasteiger charge is -2.24. The number of nitrogens with one attached hydrogen (secondary N) is 1. The third kappa shape index (κ3) is 3.76. The van der Waals surface area contributed by atoms with E-state index in [9.17, 15) is 4.79 Å². The highest BCUT2D eigenvalue weighted by atomic mass is 79.9. The van der Waals surface area contributed by atoms with Gasteiger partial charge < -0.3 is 5.32 Å². The molecule has 0 saturated carbocycles. The SMILES string of the molecule is CCN1CCCC1CNC(=O)C(C)(C)Br. The van der Waals surface area contributed by atoms with E-state index in [1.807, 2.05) is 13.8 Å². The number of amides is 1. The Labute approximate surface area is 101 Å². The van der Waals surface area contributed by atoms with Crippen molar-refractivity contribution in [3.8, 4) is 0 Å². The van der Waals surface area contributed by atoms with Crippen LogP contribution in [-0.2, 0) is 4.79 Å². The van der Waals surface area contributed by atoms with E-state index in [0.29, 0.717) is 6.04 Å². The largest absolute Gasteiger partial charge is 0.353 e. The molecule has 0 aromatic rings. The minimum absolute atomic E-state index is 0.0745. The summed E-state index contributed by atoms with van der Waals surface area (Å²) in [6.45, 7) is 8.95. The first kappa shape index (κ1) is 13.0. The van der Waals surface area contributed by atoms with E-state index in [2.05, 4.69) is 33.1 Å². The number of carbonyl (C=O) groups excluding carboxylic acids is 1. The normalized spacial score (nSPS) is 23.1. The molecular formula is C11H21BrN2O. The molecule has 1 aliphatic rings. The Morgan fingerprint density at radius 3 is 2.80 bits per heavy atom. The van der Waals surface area contributed by atoms with Crippen LogP contribution in [0, 0.1) is 0 Å². The van der Waals surface area contributed by atoms with Gasteiger partial charge in [0, 0.05) is 12.6 Å². The van der Waals surface area contributed by atoms with Crippen LogP contribution in [0.25, 0.3) is 0 Å². The molecule has 1 fully saturated rings. The number of halogens is 1. The molecule has 88 valence electrons. The van der Waals surface area contributed by atoms with Crippen molar-refractivity contribution >= 4 is 21.8 Å². The van der Waals surface area contributed by atoms with Crippen LogP contribution in [0.3, 0.4) is 0 Å². The van der Waals surface area contributed by atoms with Gasteiger partial charge in [-0.15, -0.1) is 0 Å². The predicted molar refractivity (Wildman–Crippen MR) is 66.3 cm³/mol. The van der Waals surface area contributed by atoms with Crippen molar-refractivity contribution in [3.05, 3.63) is 0 Å². The monoisotopic (exact) mass is 276 g/mol. The molecule has 1 unspecified atom stereocenters. The zero-order valence-electron chi connectivity index (χ0n) is 9.85. The van der Waals surface area contributed by atoms with Crippen LogP contribution in [0.5, 0.6) is 0 Å². The van der Waals surface area contributed by atoms with Crippen molar-refractivity contribution in [2.24, 2.45) is 0 Å². The Bertz CT molecular complexity index is 225. The van der Waals surface area contributed by atoms with Crippen molar-refractivity contribution in [2.75, 3.05) is 19.6 Å². The van der Waals surface area contributed by atoms with Crippen molar-refractivity contribution in [1.29, 1.82) is 0 Å². The van der Waals surface area contributed by atoms with Crippen molar-refractivity contribution in [1.82, 2.24) is 10.2 Å². The summed E-state index contributed by atoms with van der Waals surface area (Å²) in [5.41, 5.74) is 0. The smallest absolute Gasteiger partial charge is 0.236 e. The number of alkyl halides is 1. The van der Waals surface area contributed by atoms with E-state index < -0.39 is 4.32 Å². The van der Waals surface area contributed by atoms with Crippen LogP contribution in [0.1, 0.15) is 33.6 Å². The number of likely N-dealkylation sites (tertiary alicyclic amines) is 1.